The highest BCUT2D eigenvalue weighted by atomic mass is 32.1. The van der Waals surface area contributed by atoms with Crippen LogP contribution < -0.4 is 11.1 Å². The first kappa shape index (κ1) is 14.5. The van der Waals surface area contributed by atoms with Gasteiger partial charge in [-0.25, -0.2) is 0 Å². The highest BCUT2D eigenvalue weighted by Gasteiger charge is 2.60. The van der Waals surface area contributed by atoms with E-state index in [0.717, 1.165) is 16.9 Å². The minimum atomic E-state index is -0.0528. The van der Waals surface area contributed by atoms with Gasteiger partial charge in [0.1, 0.15) is 0 Å². The molecule has 3 N–H and O–H groups in total. The van der Waals surface area contributed by atoms with Crippen LogP contribution in [-0.4, -0.2) is 18.0 Å². The van der Waals surface area contributed by atoms with Crippen LogP contribution in [0.1, 0.15) is 49.9 Å². The van der Waals surface area contributed by atoms with Crippen molar-refractivity contribution in [1.29, 1.82) is 0 Å². The average Bonchev–Trinajstić information content (AvgIpc) is 2.82. The summed E-state index contributed by atoms with van der Waals surface area (Å²) in [4.78, 5) is 13.3. The van der Waals surface area contributed by atoms with Gasteiger partial charge in [-0.2, -0.15) is 0 Å². The van der Waals surface area contributed by atoms with E-state index in [-0.39, 0.29) is 28.8 Å². The first-order valence-corrected chi connectivity index (χ1v) is 7.73. The molecule has 1 aromatic heterocycles. The second kappa shape index (κ2) is 4.60. The summed E-state index contributed by atoms with van der Waals surface area (Å²) in [7, 11) is 0. The maximum atomic E-state index is 12.4. The van der Waals surface area contributed by atoms with Crippen molar-refractivity contribution in [2.45, 2.75) is 53.1 Å². The molecule has 0 aromatic carbocycles. The van der Waals surface area contributed by atoms with Crippen LogP contribution in [0.15, 0.2) is 11.4 Å². The predicted molar refractivity (Wildman–Crippen MR) is 80.5 cm³/mol. The molecule has 1 heterocycles. The zero-order valence-electron chi connectivity index (χ0n) is 12.4. The number of rotatable bonds is 3. The minimum Gasteiger partial charge on any atom is -0.347 e. The third kappa shape index (κ3) is 2.11. The molecule has 1 aromatic rings. The lowest BCUT2D eigenvalue weighted by molar-refractivity contribution is -0.0663. The molecule has 2 rings (SSSR count). The number of carbonyl (C=O) groups excluding carboxylic acids is 1. The van der Waals surface area contributed by atoms with E-state index in [4.69, 9.17) is 5.73 Å². The average molecular weight is 280 g/mol. The summed E-state index contributed by atoms with van der Waals surface area (Å²) in [5.74, 6) is 0.0462. The summed E-state index contributed by atoms with van der Waals surface area (Å²) >= 11 is 1.52. The standard InChI is InChI=1S/C15H24N2OS/c1-6-9-7-8-19-10(9)11(18)17-13-14(2,3)12(16)15(13,4)5/h7-8,12-13H,6,16H2,1-5H3,(H,17,18). The second-order valence-corrected chi connectivity index (χ2v) is 7.57. The van der Waals surface area contributed by atoms with E-state index in [9.17, 15) is 4.79 Å². The summed E-state index contributed by atoms with van der Waals surface area (Å²) in [6.07, 6.45) is 0.892. The maximum Gasteiger partial charge on any atom is 0.261 e. The van der Waals surface area contributed by atoms with E-state index in [1.165, 1.54) is 11.3 Å². The molecule has 106 valence electrons. The Labute approximate surface area is 119 Å². The fourth-order valence-corrected chi connectivity index (χ4v) is 4.46. The molecular formula is C15H24N2OS. The number of thiophene rings is 1. The molecule has 0 spiro atoms. The van der Waals surface area contributed by atoms with Gasteiger partial charge in [-0.3, -0.25) is 4.79 Å². The molecule has 1 aliphatic rings. The molecule has 0 unspecified atom stereocenters. The molecular weight excluding hydrogens is 256 g/mol. The SMILES string of the molecule is CCc1ccsc1C(=O)NC1C(C)(C)C(N)C1(C)C. The highest BCUT2D eigenvalue weighted by Crippen LogP contribution is 2.52. The lowest BCUT2D eigenvalue weighted by Crippen LogP contribution is -2.76. The summed E-state index contributed by atoms with van der Waals surface area (Å²) in [5, 5.41) is 5.18. The van der Waals surface area contributed by atoms with Gasteiger partial charge in [0.25, 0.3) is 5.91 Å². The molecule has 0 saturated heterocycles. The molecule has 19 heavy (non-hydrogen) atoms. The minimum absolute atomic E-state index is 0.0462. The smallest absolute Gasteiger partial charge is 0.261 e. The van der Waals surface area contributed by atoms with E-state index in [1.54, 1.807) is 0 Å². The Bertz CT molecular complexity index is 474. The number of hydrogen-bond donors (Lipinski definition) is 2. The third-order valence-corrected chi connectivity index (χ3v) is 5.66. The monoisotopic (exact) mass is 280 g/mol. The van der Waals surface area contributed by atoms with Crippen LogP contribution in [0.5, 0.6) is 0 Å². The van der Waals surface area contributed by atoms with Crippen LogP contribution in [0, 0.1) is 10.8 Å². The Kier molecular flexibility index (Phi) is 3.52. The first-order chi connectivity index (χ1) is 8.72. The van der Waals surface area contributed by atoms with E-state index in [1.807, 2.05) is 11.4 Å². The van der Waals surface area contributed by atoms with Crippen LogP contribution in [0.2, 0.25) is 0 Å². The Morgan fingerprint density at radius 2 is 1.95 bits per heavy atom. The van der Waals surface area contributed by atoms with Gasteiger partial charge in [-0.1, -0.05) is 34.6 Å². The van der Waals surface area contributed by atoms with Crippen LogP contribution in [-0.2, 0) is 6.42 Å². The van der Waals surface area contributed by atoms with Gasteiger partial charge in [0, 0.05) is 22.9 Å². The van der Waals surface area contributed by atoms with Gasteiger partial charge < -0.3 is 11.1 Å². The zero-order valence-corrected chi connectivity index (χ0v) is 13.2. The molecule has 1 saturated carbocycles. The van der Waals surface area contributed by atoms with E-state index >= 15 is 0 Å². The van der Waals surface area contributed by atoms with Gasteiger partial charge in [0.2, 0.25) is 0 Å². The van der Waals surface area contributed by atoms with Crippen LogP contribution in [0.25, 0.3) is 0 Å². The van der Waals surface area contributed by atoms with Crippen molar-refractivity contribution >= 4 is 17.2 Å². The van der Waals surface area contributed by atoms with Crippen molar-refractivity contribution in [2.75, 3.05) is 0 Å². The summed E-state index contributed by atoms with van der Waals surface area (Å²) in [6.45, 7) is 10.6. The third-order valence-electron chi connectivity index (χ3n) is 4.70. The lowest BCUT2D eigenvalue weighted by Gasteiger charge is -2.62. The fraction of sp³-hybridized carbons (Fsp3) is 0.667. The molecule has 0 bridgehead atoms. The number of nitrogens with one attached hydrogen (secondary N) is 1. The van der Waals surface area contributed by atoms with Crippen molar-refractivity contribution in [3.05, 3.63) is 21.9 Å². The van der Waals surface area contributed by atoms with Crippen LogP contribution in [0.3, 0.4) is 0 Å². The van der Waals surface area contributed by atoms with E-state index in [2.05, 4.69) is 39.9 Å². The molecule has 1 aliphatic carbocycles. The molecule has 1 fully saturated rings. The molecule has 0 atom stereocenters. The molecule has 0 radical (unpaired) electrons. The molecule has 1 amide bonds. The first-order valence-electron chi connectivity index (χ1n) is 6.85. The van der Waals surface area contributed by atoms with Crippen molar-refractivity contribution in [3.8, 4) is 0 Å². The normalized spacial score (nSPS) is 27.7. The number of aryl methyl sites for hydroxylation is 1. The largest absolute Gasteiger partial charge is 0.347 e. The number of carbonyl (C=O) groups is 1. The summed E-state index contributed by atoms with van der Waals surface area (Å²) in [5.41, 5.74) is 7.25. The van der Waals surface area contributed by atoms with Crippen LogP contribution >= 0.6 is 11.3 Å². The Morgan fingerprint density at radius 3 is 2.47 bits per heavy atom. The summed E-state index contributed by atoms with van der Waals surface area (Å²) < 4.78 is 0. The van der Waals surface area contributed by atoms with Crippen molar-refractivity contribution in [2.24, 2.45) is 16.6 Å². The summed E-state index contributed by atoms with van der Waals surface area (Å²) in [6, 6.07) is 2.26. The Hall–Kier alpha value is -0.870. The fourth-order valence-electron chi connectivity index (χ4n) is 3.56. The van der Waals surface area contributed by atoms with E-state index < -0.39 is 0 Å². The van der Waals surface area contributed by atoms with Crippen LogP contribution in [0.4, 0.5) is 0 Å². The number of amides is 1. The van der Waals surface area contributed by atoms with Crippen molar-refractivity contribution in [3.63, 3.8) is 0 Å². The quantitative estimate of drug-likeness (QED) is 0.894. The number of hydrogen-bond acceptors (Lipinski definition) is 3. The Morgan fingerprint density at radius 1 is 1.37 bits per heavy atom. The second-order valence-electron chi connectivity index (χ2n) is 6.66. The topological polar surface area (TPSA) is 55.1 Å². The maximum absolute atomic E-state index is 12.4. The number of nitrogens with two attached hydrogens (primary N) is 1. The van der Waals surface area contributed by atoms with E-state index in [0.29, 0.717) is 0 Å². The van der Waals surface area contributed by atoms with Crippen molar-refractivity contribution in [1.82, 2.24) is 5.32 Å². The Balaban J connectivity index is 2.16. The molecule has 4 heteroatoms. The molecule has 0 aliphatic heterocycles. The van der Waals surface area contributed by atoms with Gasteiger partial charge in [-0.15, -0.1) is 11.3 Å². The lowest BCUT2D eigenvalue weighted by atomic mass is 9.48. The zero-order chi connectivity index (χ0) is 14.4. The van der Waals surface area contributed by atoms with Gasteiger partial charge >= 0.3 is 0 Å². The highest BCUT2D eigenvalue weighted by molar-refractivity contribution is 7.12. The van der Waals surface area contributed by atoms with Crippen molar-refractivity contribution < 1.29 is 4.79 Å². The predicted octanol–water partition coefficient (Wildman–Crippen LogP) is 2.80. The van der Waals surface area contributed by atoms with Gasteiger partial charge in [0.05, 0.1) is 4.88 Å². The molecule has 3 nitrogen and oxygen atoms in total. The van der Waals surface area contributed by atoms with Gasteiger partial charge in [-0.05, 0) is 23.4 Å². The van der Waals surface area contributed by atoms with Gasteiger partial charge in [0.15, 0.2) is 0 Å².